The molecule has 0 aliphatic carbocycles. The van der Waals surface area contributed by atoms with Gasteiger partial charge in [0.2, 0.25) is 15.9 Å². The number of hydrogen-bond acceptors (Lipinski definition) is 3. The topological polar surface area (TPSA) is 66.5 Å². The molecule has 2 aromatic rings. The number of nitrogens with zero attached hydrogens (tertiary/aromatic N) is 1. The highest BCUT2D eigenvalue weighted by Crippen LogP contribution is 2.26. The number of sulfonamides is 1. The molecule has 8 heteroatoms. The Hall–Kier alpha value is -1.76. The number of aryl methyl sites for hydroxylation is 1. The van der Waals surface area contributed by atoms with E-state index >= 15 is 0 Å². The maximum atomic E-state index is 12.8. The van der Waals surface area contributed by atoms with Crippen molar-refractivity contribution >= 4 is 50.5 Å². The van der Waals surface area contributed by atoms with Crippen molar-refractivity contribution in [3.05, 3.63) is 58.1 Å². The molecule has 1 atom stereocenters. The number of halogens is 2. The molecule has 140 valence electrons. The van der Waals surface area contributed by atoms with Gasteiger partial charge in [-0.3, -0.25) is 9.10 Å². The third-order valence-electron chi connectivity index (χ3n) is 3.87. The number of rotatable bonds is 6. The SMILES string of the molecule is CC[C@H](C(=O)Nc1cc(Cl)ccc1C)N(c1ccc(Cl)cc1)S(C)(=O)=O. The normalized spacial score (nSPS) is 12.5. The lowest BCUT2D eigenvalue weighted by atomic mass is 10.1. The van der Waals surface area contributed by atoms with E-state index in [1.165, 1.54) is 0 Å². The monoisotopic (exact) mass is 414 g/mol. The van der Waals surface area contributed by atoms with Gasteiger partial charge in [0, 0.05) is 15.7 Å². The van der Waals surface area contributed by atoms with Crippen LogP contribution in [0, 0.1) is 6.92 Å². The van der Waals surface area contributed by atoms with Crippen molar-refractivity contribution in [3.8, 4) is 0 Å². The van der Waals surface area contributed by atoms with E-state index in [0.29, 0.717) is 27.8 Å². The fraction of sp³-hybridized carbons (Fsp3) is 0.278. The van der Waals surface area contributed by atoms with Crippen LogP contribution in [0.5, 0.6) is 0 Å². The lowest BCUT2D eigenvalue weighted by Gasteiger charge is -2.30. The highest BCUT2D eigenvalue weighted by molar-refractivity contribution is 7.92. The Morgan fingerprint density at radius 1 is 1.12 bits per heavy atom. The molecule has 1 N–H and O–H groups in total. The van der Waals surface area contributed by atoms with E-state index in [4.69, 9.17) is 23.2 Å². The van der Waals surface area contributed by atoms with Gasteiger partial charge in [-0.25, -0.2) is 8.42 Å². The predicted octanol–water partition coefficient (Wildman–Crippen LogP) is 4.49. The second-order valence-corrected chi connectivity index (χ2v) is 8.64. The van der Waals surface area contributed by atoms with Crippen LogP contribution in [0.4, 0.5) is 11.4 Å². The van der Waals surface area contributed by atoms with Crippen LogP contribution in [0.3, 0.4) is 0 Å². The van der Waals surface area contributed by atoms with Gasteiger partial charge in [0.05, 0.1) is 11.9 Å². The van der Waals surface area contributed by atoms with Crippen LogP contribution in [0.1, 0.15) is 18.9 Å². The molecular formula is C18H20Cl2N2O3S. The first kappa shape index (κ1) is 20.6. The van der Waals surface area contributed by atoms with Gasteiger partial charge in [-0.05, 0) is 55.3 Å². The summed E-state index contributed by atoms with van der Waals surface area (Å²) in [4.78, 5) is 12.8. The standard InChI is InChI=1S/C18H20Cl2N2O3S/c1-4-17(18(23)21-16-11-14(20)6-5-12(16)2)22(26(3,24)25)15-9-7-13(19)8-10-15/h5-11,17H,4H2,1-3H3,(H,21,23)/t17-/m1/s1. The maximum absolute atomic E-state index is 12.8. The molecule has 0 saturated carbocycles. The summed E-state index contributed by atoms with van der Waals surface area (Å²) in [6.07, 6.45) is 1.36. The molecule has 0 unspecified atom stereocenters. The molecule has 0 aliphatic rings. The quantitative estimate of drug-likeness (QED) is 0.756. The molecule has 0 aliphatic heterocycles. The third kappa shape index (κ3) is 4.90. The zero-order valence-electron chi connectivity index (χ0n) is 14.7. The van der Waals surface area contributed by atoms with E-state index in [0.717, 1.165) is 16.1 Å². The van der Waals surface area contributed by atoms with Crippen molar-refractivity contribution < 1.29 is 13.2 Å². The van der Waals surface area contributed by atoms with Crippen molar-refractivity contribution in [2.75, 3.05) is 15.9 Å². The Labute approximate surface area is 164 Å². The van der Waals surface area contributed by atoms with Crippen LogP contribution in [-0.2, 0) is 14.8 Å². The lowest BCUT2D eigenvalue weighted by Crippen LogP contribution is -2.47. The first-order chi connectivity index (χ1) is 12.1. The smallest absolute Gasteiger partial charge is 0.248 e. The van der Waals surface area contributed by atoms with Crippen LogP contribution in [0.15, 0.2) is 42.5 Å². The second kappa shape index (κ2) is 8.29. The van der Waals surface area contributed by atoms with Crippen molar-refractivity contribution in [2.24, 2.45) is 0 Å². The summed E-state index contributed by atoms with van der Waals surface area (Å²) in [7, 11) is -3.69. The first-order valence-electron chi connectivity index (χ1n) is 7.95. The molecule has 26 heavy (non-hydrogen) atoms. The van der Waals surface area contributed by atoms with Gasteiger partial charge < -0.3 is 5.32 Å². The summed E-state index contributed by atoms with van der Waals surface area (Å²) in [5.74, 6) is -0.432. The van der Waals surface area contributed by atoms with Gasteiger partial charge >= 0.3 is 0 Å². The minimum Gasteiger partial charge on any atom is -0.324 e. The molecule has 0 aromatic heterocycles. The van der Waals surface area contributed by atoms with Crippen LogP contribution in [0.2, 0.25) is 10.0 Å². The van der Waals surface area contributed by atoms with E-state index in [1.54, 1.807) is 49.4 Å². The van der Waals surface area contributed by atoms with Crippen LogP contribution >= 0.6 is 23.2 Å². The number of carbonyl (C=O) groups is 1. The first-order valence-corrected chi connectivity index (χ1v) is 10.6. The third-order valence-corrected chi connectivity index (χ3v) is 5.54. The summed E-state index contributed by atoms with van der Waals surface area (Å²) < 4.78 is 25.9. The van der Waals surface area contributed by atoms with Gasteiger partial charge in [0.25, 0.3) is 0 Å². The van der Waals surface area contributed by atoms with Crippen LogP contribution in [-0.4, -0.2) is 26.6 Å². The van der Waals surface area contributed by atoms with Gasteiger partial charge in [-0.15, -0.1) is 0 Å². The van der Waals surface area contributed by atoms with Crippen molar-refractivity contribution in [1.82, 2.24) is 0 Å². The molecule has 2 aromatic carbocycles. The van der Waals surface area contributed by atoms with E-state index in [9.17, 15) is 13.2 Å². The van der Waals surface area contributed by atoms with Crippen LogP contribution < -0.4 is 9.62 Å². The molecule has 0 radical (unpaired) electrons. The molecule has 2 rings (SSSR count). The van der Waals surface area contributed by atoms with Crippen LogP contribution in [0.25, 0.3) is 0 Å². The highest BCUT2D eigenvalue weighted by Gasteiger charge is 2.31. The van der Waals surface area contributed by atoms with Crippen molar-refractivity contribution in [1.29, 1.82) is 0 Å². The summed E-state index contributed by atoms with van der Waals surface area (Å²) in [5.41, 5.74) is 1.75. The molecule has 0 fully saturated rings. The average molecular weight is 415 g/mol. The molecule has 0 heterocycles. The van der Waals surface area contributed by atoms with E-state index in [1.807, 2.05) is 6.92 Å². The summed E-state index contributed by atoms with van der Waals surface area (Å²) in [6, 6.07) is 10.5. The number of amides is 1. The van der Waals surface area contributed by atoms with Crippen molar-refractivity contribution in [3.63, 3.8) is 0 Å². The maximum Gasteiger partial charge on any atom is 0.248 e. The van der Waals surface area contributed by atoms with E-state index in [2.05, 4.69) is 5.32 Å². The molecule has 0 saturated heterocycles. The van der Waals surface area contributed by atoms with Gasteiger partial charge in [0.15, 0.2) is 0 Å². The number of nitrogens with one attached hydrogen (secondary N) is 1. The molecule has 0 spiro atoms. The number of carbonyl (C=O) groups excluding carboxylic acids is 1. The Balaban J connectivity index is 2.39. The fourth-order valence-electron chi connectivity index (χ4n) is 2.59. The summed E-state index contributed by atoms with van der Waals surface area (Å²) in [5, 5.41) is 3.74. The van der Waals surface area contributed by atoms with E-state index < -0.39 is 22.0 Å². The Kier molecular flexibility index (Phi) is 6.55. The fourth-order valence-corrected chi connectivity index (χ4v) is 4.10. The summed E-state index contributed by atoms with van der Waals surface area (Å²) >= 11 is 11.9. The Morgan fingerprint density at radius 2 is 1.69 bits per heavy atom. The number of anilines is 2. The number of benzene rings is 2. The summed E-state index contributed by atoms with van der Waals surface area (Å²) in [6.45, 7) is 3.59. The predicted molar refractivity (Wildman–Crippen MR) is 108 cm³/mol. The van der Waals surface area contributed by atoms with Crippen molar-refractivity contribution in [2.45, 2.75) is 26.3 Å². The molecule has 0 bridgehead atoms. The molecular weight excluding hydrogens is 395 g/mol. The molecule has 5 nitrogen and oxygen atoms in total. The van der Waals surface area contributed by atoms with E-state index in [-0.39, 0.29) is 0 Å². The van der Waals surface area contributed by atoms with Gasteiger partial charge in [-0.2, -0.15) is 0 Å². The zero-order chi connectivity index (χ0) is 19.5. The van der Waals surface area contributed by atoms with Gasteiger partial charge in [-0.1, -0.05) is 36.2 Å². The average Bonchev–Trinajstić information content (AvgIpc) is 2.56. The second-order valence-electron chi connectivity index (χ2n) is 5.91. The lowest BCUT2D eigenvalue weighted by molar-refractivity contribution is -0.117. The van der Waals surface area contributed by atoms with Gasteiger partial charge in [0.1, 0.15) is 6.04 Å². The minimum atomic E-state index is -3.69. The highest BCUT2D eigenvalue weighted by atomic mass is 35.5. The largest absolute Gasteiger partial charge is 0.324 e. The molecule has 1 amide bonds. The Morgan fingerprint density at radius 3 is 2.23 bits per heavy atom. The number of hydrogen-bond donors (Lipinski definition) is 1. The Bertz CT molecular complexity index is 899. The minimum absolute atomic E-state index is 0.293. The zero-order valence-corrected chi connectivity index (χ0v) is 17.0.